The minimum Gasteiger partial charge on any atom is -0.357 e. The van der Waals surface area contributed by atoms with Crippen LogP contribution in [0.25, 0.3) is 0 Å². The Morgan fingerprint density at radius 2 is 2.07 bits per heavy atom. The Morgan fingerprint density at radius 1 is 1.40 bits per heavy atom. The van der Waals surface area contributed by atoms with Crippen LogP contribution in [0.15, 0.2) is 6.20 Å². The summed E-state index contributed by atoms with van der Waals surface area (Å²) in [5.41, 5.74) is 1.76. The van der Waals surface area contributed by atoms with E-state index < -0.39 is 0 Å². The van der Waals surface area contributed by atoms with Gasteiger partial charge in [0.05, 0.1) is 17.6 Å². The van der Waals surface area contributed by atoms with Crippen LogP contribution in [0.3, 0.4) is 0 Å². The number of aromatic nitrogens is 2. The van der Waals surface area contributed by atoms with E-state index in [1.807, 2.05) is 13.8 Å². The second kappa shape index (κ2) is 4.72. The number of nitrogens with one attached hydrogen (secondary N) is 2. The topological polar surface area (TPSA) is 66.9 Å². The Kier molecular flexibility index (Phi) is 3.60. The Morgan fingerprint density at radius 3 is 2.60 bits per heavy atom. The Balaban J connectivity index is 2.73. The molecular weight excluding hydrogens is 192 g/mol. The molecule has 0 saturated carbocycles. The van der Waals surface area contributed by atoms with Gasteiger partial charge < -0.3 is 10.6 Å². The van der Waals surface area contributed by atoms with Crippen LogP contribution in [0.1, 0.15) is 18.3 Å². The van der Waals surface area contributed by atoms with Crippen LogP contribution in [-0.2, 0) is 4.79 Å². The van der Waals surface area contributed by atoms with Crippen molar-refractivity contribution in [1.29, 1.82) is 0 Å². The first kappa shape index (κ1) is 11.4. The third-order valence-corrected chi connectivity index (χ3v) is 2.20. The zero-order valence-electron chi connectivity index (χ0n) is 9.46. The molecule has 0 fully saturated rings. The summed E-state index contributed by atoms with van der Waals surface area (Å²) in [6.07, 6.45) is 1.63. The maximum absolute atomic E-state index is 11.2. The number of likely N-dealkylation sites (N-methyl/N-ethyl adjacent to an activating group) is 1. The molecule has 0 saturated heterocycles. The van der Waals surface area contributed by atoms with Crippen molar-refractivity contribution in [1.82, 2.24) is 15.3 Å². The summed E-state index contributed by atoms with van der Waals surface area (Å²) in [7, 11) is 1.60. The first-order valence-corrected chi connectivity index (χ1v) is 4.83. The standard InChI is InChI=1S/C10H16N4O/c1-6-7(2)13-9(5-12-6)14-8(3)10(15)11-4/h5,8H,1-4H3,(H,11,15)(H,13,14). The van der Waals surface area contributed by atoms with Crippen molar-refractivity contribution in [2.24, 2.45) is 0 Å². The number of hydrogen-bond acceptors (Lipinski definition) is 4. The normalized spacial score (nSPS) is 12.0. The predicted octanol–water partition coefficient (Wildman–Crippen LogP) is 0.640. The highest BCUT2D eigenvalue weighted by Crippen LogP contribution is 2.06. The van der Waals surface area contributed by atoms with E-state index in [1.165, 1.54) is 0 Å². The highest BCUT2D eigenvalue weighted by Gasteiger charge is 2.11. The minimum atomic E-state index is -0.314. The van der Waals surface area contributed by atoms with Gasteiger partial charge in [0.15, 0.2) is 0 Å². The van der Waals surface area contributed by atoms with Crippen molar-refractivity contribution >= 4 is 11.7 Å². The van der Waals surface area contributed by atoms with Gasteiger partial charge >= 0.3 is 0 Å². The average Bonchev–Trinajstić information content (AvgIpc) is 2.22. The fourth-order valence-corrected chi connectivity index (χ4v) is 1.12. The van der Waals surface area contributed by atoms with Gasteiger partial charge in [-0.1, -0.05) is 0 Å². The molecule has 0 aromatic carbocycles. The van der Waals surface area contributed by atoms with Gasteiger partial charge in [0.2, 0.25) is 5.91 Å². The highest BCUT2D eigenvalue weighted by molar-refractivity contribution is 5.83. The molecule has 5 heteroatoms. The second-order valence-corrected chi connectivity index (χ2v) is 3.41. The SMILES string of the molecule is CNC(=O)C(C)Nc1cnc(C)c(C)n1. The van der Waals surface area contributed by atoms with Crippen LogP contribution in [-0.4, -0.2) is 29.0 Å². The summed E-state index contributed by atoms with van der Waals surface area (Å²) in [6, 6.07) is -0.314. The van der Waals surface area contributed by atoms with E-state index >= 15 is 0 Å². The van der Waals surface area contributed by atoms with Crippen LogP contribution < -0.4 is 10.6 Å². The summed E-state index contributed by atoms with van der Waals surface area (Å²) in [5, 5.41) is 5.54. The number of aryl methyl sites for hydroxylation is 2. The predicted molar refractivity (Wildman–Crippen MR) is 58.7 cm³/mol. The first-order chi connectivity index (χ1) is 7.04. The van der Waals surface area contributed by atoms with Crippen molar-refractivity contribution in [3.8, 4) is 0 Å². The number of amides is 1. The van der Waals surface area contributed by atoms with Crippen molar-refractivity contribution in [3.63, 3.8) is 0 Å². The molecule has 0 bridgehead atoms. The van der Waals surface area contributed by atoms with E-state index in [9.17, 15) is 4.79 Å². The molecule has 1 aromatic rings. The van der Waals surface area contributed by atoms with Crippen molar-refractivity contribution in [3.05, 3.63) is 17.6 Å². The van der Waals surface area contributed by atoms with Gasteiger partial charge in [-0.25, -0.2) is 4.98 Å². The molecule has 15 heavy (non-hydrogen) atoms. The fourth-order valence-electron chi connectivity index (χ4n) is 1.12. The Hall–Kier alpha value is -1.65. The summed E-state index contributed by atoms with van der Waals surface area (Å²) in [6.45, 7) is 5.56. The number of hydrogen-bond donors (Lipinski definition) is 2. The minimum absolute atomic E-state index is 0.0740. The largest absolute Gasteiger partial charge is 0.357 e. The molecule has 0 aliphatic rings. The molecule has 0 aliphatic carbocycles. The number of anilines is 1. The lowest BCUT2D eigenvalue weighted by Gasteiger charge is -2.13. The van der Waals surface area contributed by atoms with Gasteiger partial charge in [-0.15, -0.1) is 0 Å². The zero-order chi connectivity index (χ0) is 11.4. The van der Waals surface area contributed by atoms with E-state index in [1.54, 1.807) is 20.2 Å². The van der Waals surface area contributed by atoms with Crippen molar-refractivity contribution in [2.45, 2.75) is 26.8 Å². The lowest BCUT2D eigenvalue weighted by molar-refractivity contribution is -0.121. The lowest BCUT2D eigenvalue weighted by Crippen LogP contribution is -2.35. The number of nitrogens with zero attached hydrogens (tertiary/aromatic N) is 2. The molecule has 1 heterocycles. The van der Waals surface area contributed by atoms with E-state index in [-0.39, 0.29) is 11.9 Å². The quantitative estimate of drug-likeness (QED) is 0.765. The summed E-state index contributed by atoms with van der Waals surface area (Å²) in [5.74, 6) is 0.546. The molecule has 1 unspecified atom stereocenters. The number of carbonyl (C=O) groups excluding carboxylic acids is 1. The average molecular weight is 208 g/mol. The van der Waals surface area contributed by atoms with E-state index in [0.29, 0.717) is 5.82 Å². The number of rotatable bonds is 3. The van der Waals surface area contributed by atoms with Gasteiger partial charge in [0.25, 0.3) is 0 Å². The molecule has 1 atom stereocenters. The monoisotopic (exact) mass is 208 g/mol. The van der Waals surface area contributed by atoms with Gasteiger partial charge in [-0.2, -0.15) is 0 Å². The summed E-state index contributed by atoms with van der Waals surface area (Å²) >= 11 is 0. The fraction of sp³-hybridized carbons (Fsp3) is 0.500. The Bertz CT molecular complexity index is 364. The maximum atomic E-state index is 11.2. The van der Waals surface area contributed by atoms with Gasteiger partial charge in [-0.3, -0.25) is 9.78 Å². The summed E-state index contributed by atoms with van der Waals surface area (Å²) in [4.78, 5) is 19.7. The molecule has 1 amide bonds. The lowest BCUT2D eigenvalue weighted by atomic mass is 10.3. The van der Waals surface area contributed by atoms with Crippen molar-refractivity contribution < 1.29 is 4.79 Å². The molecule has 0 radical (unpaired) electrons. The molecular formula is C10H16N4O. The first-order valence-electron chi connectivity index (χ1n) is 4.83. The van der Waals surface area contributed by atoms with Crippen LogP contribution in [0.5, 0.6) is 0 Å². The molecule has 82 valence electrons. The Labute approximate surface area is 89.3 Å². The van der Waals surface area contributed by atoms with Crippen LogP contribution in [0.4, 0.5) is 5.82 Å². The summed E-state index contributed by atoms with van der Waals surface area (Å²) < 4.78 is 0. The van der Waals surface area contributed by atoms with Crippen LogP contribution in [0, 0.1) is 13.8 Å². The molecule has 0 spiro atoms. The van der Waals surface area contributed by atoms with E-state index in [0.717, 1.165) is 11.4 Å². The van der Waals surface area contributed by atoms with Gasteiger partial charge in [0, 0.05) is 7.05 Å². The molecule has 5 nitrogen and oxygen atoms in total. The second-order valence-electron chi connectivity index (χ2n) is 3.41. The highest BCUT2D eigenvalue weighted by atomic mass is 16.2. The smallest absolute Gasteiger partial charge is 0.241 e. The third-order valence-electron chi connectivity index (χ3n) is 2.20. The van der Waals surface area contributed by atoms with Gasteiger partial charge in [0.1, 0.15) is 11.9 Å². The van der Waals surface area contributed by atoms with E-state index in [2.05, 4.69) is 20.6 Å². The van der Waals surface area contributed by atoms with Crippen molar-refractivity contribution in [2.75, 3.05) is 12.4 Å². The van der Waals surface area contributed by atoms with E-state index in [4.69, 9.17) is 0 Å². The molecule has 1 rings (SSSR count). The maximum Gasteiger partial charge on any atom is 0.241 e. The van der Waals surface area contributed by atoms with Crippen LogP contribution >= 0.6 is 0 Å². The molecule has 0 aliphatic heterocycles. The third kappa shape index (κ3) is 2.90. The zero-order valence-corrected chi connectivity index (χ0v) is 9.46. The van der Waals surface area contributed by atoms with Crippen LogP contribution in [0.2, 0.25) is 0 Å². The number of carbonyl (C=O) groups is 1. The molecule has 2 N–H and O–H groups in total. The molecule has 1 aromatic heterocycles. The van der Waals surface area contributed by atoms with Gasteiger partial charge in [-0.05, 0) is 20.8 Å².